The second kappa shape index (κ2) is 3.78. The SMILES string of the molecule is C/C=C(/C)c1cc(C)c(C)c(C)c1. The van der Waals surface area contributed by atoms with E-state index in [2.05, 4.69) is 52.8 Å². The summed E-state index contributed by atoms with van der Waals surface area (Å²) >= 11 is 0. The number of aryl methyl sites for hydroxylation is 2. The van der Waals surface area contributed by atoms with Crippen molar-refractivity contribution in [1.82, 2.24) is 0 Å². The van der Waals surface area contributed by atoms with Crippen LogP contribution >= 0.6 is 0 Å². The molecule has 70 valence electrons. The van der Waals surface area contributed by atoms with E-state index in [4.69, 9.17) is 0 Å². The Bertz CT molecular complexity index is 320. The van der Waals surface area contributed by atoms with Gasteiger partial charge in [0, 0.05) is 0 Å². The highest BCUT2D eigenvalue weighted by Crippen LogP contribution is 2.20. The Labute approximate surface area is 81.3 Å². The van der Waals surface area contributed by atoms with Crippen molar-refractivity contribution in [2.24, 2.45) is 0 Å². The van der Waals surface area contributed by atoms with Crippen molar-refractivity contribution in [3.05, 3.63) is 40.5 Å². The third-order valence-electron chi connectivity index (χ3n) is 2.82. The molecular formula is C13H18. The lowest BCUT2D eigenvalue weighted by molar-refractivity contribution is 1.25. The normalized spacial score (nSPS) is 11.9. The van der Waals surface area contributed by atoms with Crippen LogP contribution in [0.1, 0.15) is 36.1 Å². The minimum atomic E-state index is 1.35. The Morgan fingerprint density at radius 1 is 1.08 bits per heavy atom. The predicted octanol–water partition coefficient (Wildman–Crippen LogP) is 4.04. The van der Waals surface area contributed by atoms with E-state index in [9.17, 15) is 0 Å². The van der Waals surface area contributed by atoms with Crippen LogP contribution in [0.4, 0.5) is 0 Å². The fraction of sp³-hybridized carbons (Fsp3) is 0.385. The second-order valence-corrected chi connectivity index (χ2v) is 3.71. The van der Waals surface area contributed by atoms with Gasteiger partial charge in [0.25, 0.3) is 0 Å². The number of hydrogen-bond donors (Lipinski definition) is 0. The summed E-state index contributed by atoms with van der Waals surface area (Å²) in [5.41, 5.74) is 6.88. The molecule has 0 aromatic heterocycles. The van der Waals surface area contributed by atoms with Crippen LogP contribution in [0.5, 0.6) is 0 Å². The molecule has 0 bridgehead atoms. The predicted molar refractivity (Wildman–Crippen MR) is 60.0 cm³/mol. The van der Waals surface area contributed by atoms with Crippen molar-refractivity contribution in [3.63, 3.8) is 0 Å². The molecule has 1 rings (SSSR count). The standard InChI is InChI=1S/C13H18/c1-6-9(2)13-7-10(3)12(5)11(4)8-13/h6-8H,1-5H3/b9-6-. The van der Waals surface area contributed by atoms with E-state index in [0.29, 0.717) is 0 Å². The fourth-order valence-corrected chi connectivity index (χ4v) is 1.43. The topological polar surface area (TPSA) is 0 Å². The molecule has 0 heteroatoms. The summed E-state index contributed by atoms with van der Waals surface area (Å²) in [5, 5.41) is 0. The summed E-state index contributed by atoms with van der Waals surface area (Å²) in [4.78, 5) is 0. The van der Waals surface area contributed by atoms with E-state index >= 15 is 0 Å². The Morgan fingerprint density at radius 2 is 1.54 bits per heavy atom. The van der Waals surface area contributed by atoms with Gasteiger partial charge in [0.1, 0.15) is 0 Å². The summed E-state index contributed by atoms with van der Waals surface area (Å²) in [6, 6.07) is 4.52. The first-order valence-corrected chi connectivity index (χ1v) is 4.77. The van der Waals surface area contributed by atoms with Gasteiger partial charge in [-0.05, 0) is 62.4 Å². The molecule has 1 aromatic rings. The first kappa shape index (κ1) is 10.0. The molecule has 0 saturated heterocycles. The van der Waals surface area contributed by atoms with Gasteiger partial charge in [-0.1, -0.05) is 18.2 Å². The third kappa shape index (κ3) is 2.00. The lowest BCUT2D eigenvalue weighted by atomic mass is 9.97. The lowest BCUT2D eigenvalue weighted by Crippen LogP contribution is -1.89. The van der Waals surface area contributed by atoms with E-state index < -0.39 is 0 Å². The molecule has 0 unspecified atom stereocenters. The summed E-state index contributed by atoms with van der Waals surface area (Å²) in [5.74, 6) is 0. The highest BCUT2D eigenvalue weighted by Gasteiger charge is 2.01. The maximum absolute atomic E-state index is 2.26. The number of benzene rings is 1. The molecule has 0 N–H and O–H groups in total. The monoisotopic (exact) mass is 174 g/mol. The van der Waals surface area contributed by atoms with E-state index in [1.807, 2.05) is 0 Å². The zero-order chi connectivity index (χ0) is 10.0. The van der Waals surface area contributed by atoms with Crippen molar-refractivity contribution >= 4 is 5.57 Å². The minimum Gasteiger partial charge on any atom is -0.0841 e. The van der Waals surface area contributed by atoms with Gasteiger partial charge in [-0.2, -0.15) is 0 Å². The molecule has 0 aliphatic rings. The molecule has 0 spiro atoms. The number of allylic oxidation sites excluding steroid dienone is 2. The van der Waals surface area contributed by atoms with Gasteiger partial charge < -0.3 is 0 Å². The molecule has 13 heavy (non-hydrogen) atoms. The largest absolute Gasteiger partial charge is 0.0841 e. The maximum atomic E-state index is 2.26. The average molecular weight is 174 g/mol. The smallest absolute Gasteiger partial charge is 0.0225 e. The summed E-state index contributed by atoms with van der Waals surface area (Å²) < 4.78 is 0. The van der Waals surface area contributed by atoms with Crippen LogP contribution in [-0.4, -0.2) is 0 Å². The molecule has 0 saturated carbocycles. The molecule has 0 aliphatic carbocycles. The van der Waals surface area contributed by atoms with Crippen LogP contribution in [0, 0.1) is 20.8 Å². The van der Waals surface area contributed by atoms with Crippen LogP contribution in [0.25, 0.3) is 5.57 Å². The van der Waals surface area contributed by atoms with Gasteiger partial charge in [0.2, 0.25) is 0 Å². The van der Waals surface area contributed by atoms with Gasteiger partial charge in [0.05, 0.1) is 0 Å². The van der Waals surface area contributed by atoms with E-state index in [1.165, 1.54) is 27.8 Å². The van der Waals surface area contributed by atoms with Gasteiger partial charge in [0.15, 0.2) is 0 Å². The zero-order valence-electron chi connectivity index (χ0n) is 9.23. The number of hydrogen-bond acceptors (Lipinski definition) is 0. The van der Waals surface area contributed by atoms with Gasteiger partial charge >= 0.3 is 0 Å². The Morgan fingerprint density at radius 3 is 1.92 bits per heavy atom. The van der Waals surface area contributed by atoms with Crippen LogP contribution in [-0.2, 0) is 0 Å². The van der Waals surface area contributed by atoms with Gasteiger partial charge in [-0.3, -0.25) is 0 Å². The van der Waals surface area contributed by atoms with Crippen molar-refractivity contribution in [2.45, 2.75) is 34.6 Å². The third-order valence-corrected chi connectivity index (χ3v) is 2.82. The van der Waals surface area contributed by atoms with Crippen LogP contribution in [0.3, 0.4) is 0 Å². The minimum absolute atomic E-state index is 1.35. The maximum Gasteiger partial charge on any atom is -0.0225 e. The van der Waals surface area contributed by atoms with Crippen molar-refractivity contribution in [1.29, 1.82) is 0 Å². The van der Waals surface area contributed by atoms with Crippen LogP contribution in [0.2, 0.25) is 0 Å². The van der Waals surface area contributed by atoms with E-state index in [-0.39, 0.29) is 0 Å². The van der Waals surface area contributed by atoms with Crippen molar-refractivity contribution in [3.8, 4) is 0 Å². The van der Waals surface area contributed by atoms with E-state index in [1.54, 1.807) is 0 Å². The first-order valence-electron chi connectivity index (χ1n) is 4.77. The fourth-order valence-electron chi connectivity index (χ4n) is 1.43. The molecule has 0 amide bonds. The lowest BCUT2D eigenvalue weighted by Gasteiger charge is -2.09. The van der Waals surface area contributed by atoms with Crippen LogP contribution in [0.15, 0.2) is 18.2 Å². The molecule has 0 nitrogen and oxygen atoms in total. The van der Waals surface area contributed by atoms with Crippen molar-refractivity contribution in [2.75, 3.05) is 0 Å². The molecule has 0 atom stereocenters. The Hall–Kier alpha value is -1.04. The molecular weight excluding hydrogens is 156 g/mol. The zero-order valence-corrected chi connectivity index (χ0v) is 9.23. The highest BCUT2D eigenvalue weighted by molar-refractivity contribution is 5.65. The second-order valence-electron chi connectivity index (χ2n) is 3.71. The van der Waals surface area contributed by atoms with Gasteiger partial charge in [-0.25, -0.2) is 0 Å². The van der Waals surface area contributed by atoms with Crippen molar-refractivity contribution < 1.29 is 0 Å². The summed E-state index contributed by atoms with van der Waals surface area (Å²) in [6.07, 6.45) is 2.16. The average Bonchev–Trinajstić information content (AvgIpc) is 2.12. The van der Waals surface area contributed by atoms with E-state index in [0.717, 1.165) is 0 Å². The summed E-state index contributed by atoms with van der Waals surface area (Å²) in [6.45, 7) is 10.8. The molecule has 0 heterocycles. The van der Waals surface area contributed by atoms with Gasteiger partial charge in [-0.15, -0.1) is 0 Å². The van der Waals surface area contributed by atoms with Crippen LogP contribution < -0.4 is 0 Å². The molecule has 1 aromatic carbocycles. The Balaban J connectivity index is 3.29. The molecule has 0 radical (unpaired) electrons. The number of rotatable bonds is 1. The highest BCUT2D eigenvalue weighted by atomic mass is 14.1. The molecule has 0 fully saturated rings. The molecule has 0 aliphatic heterocycles. The Kier molecular flexibility index (Phi) is 2.92. The quantitative estimate of drug-likeness (QED) is 0.603. The summed E-state index contributed by atoms with van der Waals surface area (Å²) in [7, 11) is 0. The first-order chi connectivity index (χ1) is 6.06.